The van der Waals surface area contributed by atoms with Crippen LogP contribution in [0.2, 0.25) is 0 Å². The van der Waals surface area contributed by atoms with Crippen molar-refractivity contribution in [2.24, 2.45) is 0 Å². The Bertz CT molecular complexity index is 871. The highest BCUT2D eigenvalue weighted by molar-refractivity contribution is 7.89. The van der Waals surface area contributed by atoms with Gasteiger partial charge in [0.1, 0.15) is 5.82 Å². The van der Waals surface area contributed by atoms with Gasteiger partial charge in [0, 0.05) is 19.5 Å². The molecule has 0 bridgehead atoms. The molecule has 0 heterocycles. The van der Waals surface area contributed by atoms with Gasteiger partial charge in [-0.3, -0.25) is 4.79 Å². The van der Waals surface area contributed by atoms with Gasteiger partial charge in [-0.25, -0.2) is 26.3 Å². The highest BCUT2D eigenvalue weighted by Crippen LogP contribution is 2.13. The van der Waals surface area contributed by atoms with E-state index in [1.165, 1.54) is 12.1 Å². The van der Waals surface area contributed by atoms with E-state index in [0.29, 0.717) is 25.1 Å². The first-order chi connectivity index (χ1) is 12.3. The fourth-order valence-electron chi connectivity index (χ4n) is 2.11. The fraction of sp³-hybridized carbons (Fsp3) is 0.235. The molecule has 0 radical (unpaired) electrons. The van der Waals surface area contributed by atoms with Crippen molar-refractivity contribution >= 4 is 15.9 Å². The molecule has 0 spiro atoms. The highest BCUT2D eigenvalue weighted by Gasteiger charge is 2.16. The number of nitrogens with one attached hydrogen (secondary N) is 2. The molecule has 140 valence electrons. The number of carbonyl (C=O) groups is 1. The topological polar surface area (TPSA) is 75.3 Å². The number of halogens is 3. The summed E-state index contributed by atoms with van der Waals surface area (Å²) in [5.74, 6) is -3.14. The molecule has 9 heteroatoms. The maximum Gasteiger partial charge on any atom is 0.240 e. The van der Waals surface area contributed by atoms with E-state index in [2.05, 4.69) is 10.0 Å². The average Bonchev–Trinajstić information content (AvgIpc) is 2.59. The van der Waals surface area contributed by atoms with Crippen molar-refractivity contribution in [1.29, 1.82) is 0 Å². The molecule has 2 aromatic rings. The van der Waals surface area contributed by atoms with Crippen LogP contribution < -0.4 is 10.0 Å². The summed E-state index contributed by atoms with van der Waals surface area (Å²) in [7, 11) is -4.03. The van der Waals surface area contributed by atoms with Gasteiger partial charge in [-0.1, -0.05) is 12.1 Å². The Labute approximate surface area is 149 Å². The third-order valence-electron chi connectivity index (χ3n) is 3.49. The van der Waals surface area contributed by atoms with E-state index in [1.54, 1.807) is 12.1 Å². The summed E-state index contributed by atoms with van der Waals surface area (Å²) in [6, 6.07) is 8.08. The van der Waals surface area contributed by atoms with Crippen LogP contribution in [0.1, 0.15) is 12.0 Å². The van der Waals surface area contributed by atoms with Crippen molar-refractivity contribution in [3.63, 3.8) is 0 Å². The molecule has 0 aliphatic rings. The van der Waals surface area contributed by atoms with E-state index in [4.69, 9.17) is 0 Å². The van der Waals surface area contributed by atoms with Crippen LogP contribution in [0, 0.1) is 17.5 Å². The molecule has 0 aromatic heterocycles. The summed E-state index contributed by atoms with van der Waals surface area (Å²) < 4.78 is 64.8. The minimum Gasteiger partial charge on any atom is -0.356 e. The summed E-state index contributed by atoms with van der Waals surface area (Å²) in [5, 5.41) is 2.61. The van der Waals surface area contributed by atoms with Crippen LogP contribution in [0.3, 0.4) is 0 Å². The van der Waals surface area contributed by atoms with Gasteiger partial charge in [-0.05, 0) is 42.3 Å². The summed E-state index contributed by atoms with van der Waals surface area (Å²) >= 11 is 0. The molecule has 0 saturated heterocycles. The van der Waals surface area contributed by atoms with Crippen molar-refractivity contribution in [2.45, 2.75) is 17.7 Å². The molecule has 2 rings (SSSR count). The molecule has 1 amide bonds. The van der Waals surface area contributed by atoms with Gasteiger partial charge in [0.05, 0.1) is 4.90 Å². The lowest BCUT2D eigenvalue weighted by Gasteiger charge is -2.08. The van der Waals surface area contributed by atoms with E-state index >= 15 is 0 Å². The second kappa shape index (κ2) is 8.81. The lowest BCUT2D eigenvalue weighted by molar-refractivity contribution is -0.120. The van der Waals surface area contributed by atoms with Crippen molar-refractivity contribution < 1.29 is 26.4 Å². The number of rotatable bonds is 8. The van der Waals surface area contributed by atoms with Gasteiger partial charge in [0.25, 0.3) is 0 Å². The second-order valence-electron chi connectivity index (χ2n) is 5.45. The van der Waals surface area contributed by atoms with Crippen LogP contribution in [-0.2, 0) is 21.2 Å². The van der Waals surface area contributed by atoms with E-state index < -0.39 is 26.6 Å². The largest absolute Gasteiger partial charge is 0.356 e. The first-order valence-corrected chi connectivity index (χ1v) is 9.22. The molecule has 0 aliphatic carbocycles. The van der Waals surface area contributed by atoms with Crippen LogP contribution in [0.4, 0.5) is 13.2 Å². The number of amides is 1. The van der Waals surface area contributed by atoms with Gasteiger partial charge >= 0.3 is 0 Å². The summed E-state index contributed by atoms with van der Waals surface area (Å²) in [6.07, 6.45) is 0.388. The second-order valence-corrected chi connectivity index (χ2v) is 7.22. The Kier molecular flexibility index (Phi) is 6.76. The van der Waals surface area contributed by atoms with Gasteiger partial charge in [-0.2, -0.15) is 0 Å². The van der Waals surface area contributed by atoms with Crippen LogP contribution in [0.15, 0.2) is 47.4 Å². The number of hydrogen-bond acceptors (Lipinski definition) is 3. The maximum absolute atomic E-state index is 13.1. The Morgan fingerprint density at radius 3 is 2.27 bits per heavy atom. The molecule has 2 N–H and O–H groups in total. The fourth-order valence-corrected chi connectivity index (χ4v) is 3.16. The van der Waals surface area contributed by atoms with Gasteiger partial charge < -0.3 is 5.32 Å². The van der Waals surface area contributed by atoms with E-state index in [-0.39, 0.29) is 24.7 Å². The third kappa shape index (κ3) is 5.85. The van der Waals surface area contributed by atoms with E-state index in [1.807, 2.05) is 0 Å². The molecule has 0 fully saturated rings. The standard InChI is InChI=1S/C17H17F3N2O3S/c18-13-3-1-12(2-4-13)7-9-21-17(23)8-10-22-26(24,25)14-5-6-15(19)16(20)11-14/h1-6,11,22H,7-10H2,(H,21,23). The molecule has 2 aromatic carbocycles. The minimum absolute atomic E-state index is 0.119. The molecule has 26 heavy (non-hydrogen) atoms. The van der Waals surface area contributed by atoms with Crippen LogP contribution >= 0.6 is 0 Å². The van der Waals surface area contributed by atoms with Gasteiger partial charge in [-0.15, -0.1) is 0 Å². The SMILES string of the molecule is O=C(CCNS(=O)(=O)c1ccc(F)c(F)c1)NCCc1ccc(F)cc1. The van der Waals surface area contributed by atoms with Crippen molar-refractivity contribution in [3.05, 3.63) is 65.5 Å². The van der Waals surface area contributed by atoms with Crippen LogP contribution in [0.5, 0.6) is 0 Å². The van der Waals surface area contributed by atoms with E-state index in [0.717, 1.165) is 11.6 Å². The number of carbonyl (C=O) groups excluding carboxylic acids is 1. The monoisotopic (exact) mass is 386 g/mol. The Hall–Kier alpha value is -2.39. The molecular formula is C17H17F3N2O3S. The normalized spacial score (nSPS) is 11.3. The Morgan fingerprint density at radius 1 is 0.923 bits per heavy atom. The lowest BCUT2D eigenvalue weighted by Crippen LogP contribution is -2.31. The zero-order valence-electron chi connectivity index (χ0n) is 13.6. The Morgan fingerprint density at radius 2 is 1.62 bits per heavy atom. The minimum atomic E-state index is -4.03. The van der Waals surface area contributed by atoms with Crippen LogP contribution in [0.25, 0.3) is 0 Å². The number of sulfonamides is 1. The average molecular weight is 386 g/mol. The third-order valence-corrected chi connectivity index (χ3v) is 4.95. The smallest absolute Gasteiger partial charge is 0.240 e. The summed E-state index contributed by atoms with van der Waals surface area (Å²) in [5.41, 5.74) is 0.853. The molecule has 5 nitrogen and oxygen atoms in total. The molecule has 0 atom stereocenters. The first kappa shape index (κ1) is 19.9. The molecule has 0 saturated carbocycles. The summed E-state index contributed by atoms with van der Waals surface area (Å²) in [4.78, 5) is 11.3. The molecule has 0 unspecified atom stereocenters. The van der Waals surface area contributed by atoms with Gasteiger partial charge in [0.2, 0.25) is 15.9 Å². The van der Waals surface area contributed by atoms with Crippen molar-refractivity contribution in [1.82, 2.24) is 10.0 Å². The Balaban J connectivity index is 1.74. The quantitative estimate of drug-likeness (QED) is 0.730. The zero-order valence-corrected chi connectivity index (χ0v) is 14.5. The van der Waals surface area contributed by atoms with Gasteiger partial charge in [0.15, 0.2) is 11.6 Å². The predicted octanol–water partition coefficient (Wildman–Crippen LogP) is 2.13. The summed E-state index contributed by atoms with van der Waals surface area (Å²) in [6.45, 7) is 0.129. The molecular weight excluding hydrogens is 369 g/mol. The van der Waals surface area contributed by atoms with Crippen molar-refractivity contribution in [3.8, 4) is 0 Å². The number of hydrogen-bond donors (Lipinski definition) is 2. The molecule has 0 aliphatic heterocycles. The lowest BCUT2D eigenvalue weighted by atomic mass is 10.1. The number of benzene rings is 2. The van der Waals surface area contributed by atoms with Crippen LogP contribution in [-0.4, -0.2) is 27.4 Å². The maximum atomic E-state index is 13.1. The van der Waals surface area contributed by atoms with E-state index in [9.17, 15) is 26.4 Å². The highest BCUT2D eigenvalue weighted by atomic mass is 32.2. The first-order valence-electron chi connectivity index (χ1n) is 7.74. The zero-order chi connectivity index (χ0) is 19.2. The predicted molar refractivity (Wildman–Crippen MR) is 89.3 cm³/mol. The van der Waals surface area contributed by atoms with Crippen molar-refractivity contribution in [2.75, 3.05) is 13.1 Å².